The van der Waals surface area contributed by atoms with E-state index in [1.54, 1.807) is 0 Å². The fourth-order valence-corrected chi connectivity index (χ4v) is 3.89. The van der Waals surface area contributed by atoms with Crippen molar-refractivity contribution in [2.24, 2.45) is 0 Å². The molecule has 0 spiro atoms. The predicted molar refractivity (Wildman–Crippen MR) is 72.1 cm³/mol. The van der Waals surface area contributed by atoms with Crippen LogP contribution in [0.4, 0.5) is 0 Å². The second-order valence-corrected chi connectivity index (χ2v) is 7.09. The predicted octanol–water partition coefficient (Wildman–Crippen LogP) is 0.664. The van der Waals surface area contributed by atoms with Crippen LogP contribution in [0.2, 0.25) is 0 Å². The molecule has 1 aliphatic rings. The minimum Gasteiger partial charge on any atom is -0.394 e. The van der Waals surface area contributed by atoms with E-state index < -0.39 is 15.6 Å². The third-order valence-electron chi connectivity index (χ3n) is 3.09. The number of halogens is 1. The highest BCUT2D eigenvalue weighted by Gasteiger charge is 2.36. The zero-order chi connectivity index (χ0) is 13.9. The molecule has 8 heteroatoms. The summed E-state index contributed by atoms with van der Waals surface area (Å²) in [7, 11) is -3.71. The van der Waals surface area contributed by atoms with E-state index in [4.69, 9.17) is 4.74 Å². The van der Waals surface area contributed by atoms with Crippen molar-refractivity contribution in [1.29, 1.82) is 0 Å². The van der Waals surface area contributed by atoms with Gasteiger partial charge in [-0.2, -0.15) is 0 Å². The summed E-state index contributed by atoms with van der Waals surface area (Å²) >= 11 is 3.19. The highest BCUT2D eigenvalue weighted by Crippen LogP contribution is 2.23. The molecule has 1 saturated heterocycles. The Kier molecular flexibility index (Phi) is 4.57. The molecule has 106 valence electrons. The van der Waals surface area contributed by atoms with Crippen LogP contribution in [-0.4, -0.2) is 43.9 Å². The highest BCUT2D eigenvalue weighted by molar-refractivity contribution is 9.10. The Labute approximate surface area is 120 Å². The number of hydrogen-bond acceptors (Lipinski definition) is 5. The third-order valence-corrected chi connectivity index (χ3v) is 5.07. The zero-order valence-corrected chi connectivity index (χ0v) is 12.6. The van der Waals surface area contributed by atoms with Crippen LogP contribution in [0.1, 0.15) is 12.8 Å². The van der Waals surface area contributed by atoms with Gasteiger partial charge in [0.05, 0.1) is 12.1 Å². The van der Waals surface area contributed by atoms with Gasteiger partial charge in [-0.05, 0) is 34.8 Å². The first-order valence-corrected chi connectivity index (χ1v) is 8.08. The molecule has 0 aliphatic carbocycles. The maximum atomic E-state index is 12.3. The van der Waals surface area contributed by atoms with Crippen molar-refractivity contribution < 1.29 is 18.3 Å². The number of aliphatic hydroxyl groups is 1. The summed E-state index contributed by atoms with van der Waals surface area (Å²) in [6.45, 7) is 0.608. The summed E-state index contributed by atoms with van der Waals surface area (Å²) in [5.74, 6) is 0. The largest absolute Gasteiger partial charge is 0.394 e. The van der Waals surface area contributed by atoms with Crippen LogP contribution in [0.25, 0.3) is 0 Å². The average molecular weight is 351 g/mol. The number of hydrogen-bond donors (Lipinski definition) is 2. The van der Waals surface area contributed by atoms with Crippen LogP contribution in [0.3, 0.4) is 0 Å². The quantitative estimate of drug-likeness (QED) is 0.832. The summed E-state index contributed by atoms with van der Waals surface area (Å²) in [6.07, 6.45) is 3.68. The Morgan fingerprint density at radius 3 is 2.68 bits per heavy atom. The lowest BCUT2D eigenvalue weighted by Gasteiger charge is -2.35. The molecule has 0 radical (unpaired) electrons. The smallest absolute Gasteiger partial charge is 0.242 e. The first-order chi connectivity index (χ1) is 8.97. The van der Waals surface area contributed by atoms with E-state index in [0.717, 1.165) is 0 Å². The van der Waals surface area contributed by atoms with Crippen molar-refractivity contribution in [1.82, 2.24) is 9.71 Å². The fraction of sp³-hybridized carbons (Fsp3) is 0.545. The first kappa shape index (κ1) is 14.9. The van der Waals surface area contributed by atoms with Crippen molar-refractivity contribution in [2.75, 3.05) is 19.8 Å². The molecule has 0 bridgehead atoms. The Hall–Kier alpha value is -0.540. The zero-order valence-electron chi connectivity index (χ0n) is 10.2. The monoisotopic (exact) mass is 350 g/mol. The van der Waals surface area contributed by atoms with E-state index in [0.29, 0.717) is 30.5 Å². The van der Waals surface area contributed by atoms with E-state index in [2.05, 4.69) is 25.6 Å². The summed E-state index contributed by atoms with van der Waals surface area (Å²) in [6, 6.07) is 1.47. The minimum absolute atomic E-state index is 0.0705. The van der Waals surface area contributed by atoms with Crippen molar-refractivity contribution >= 4 is 26.0 Å². The maximum absolute atomic E-state index is 12.3. The molecule has 2 N–H and O–H groups in total. The molecule has 0 atom stereocenters. The van der Waals surface area contributed by atoms with Crippen LogP contribution < -0.4 is 4.72 Å². The van der Waals surface area contributed by atoms with Gasteiger partial charge in [-0.25, -0.2) is 13.1 Å². The lowest BCUT2D eigenvalue weighted by atomic mass is 9.93. The van der Waals surface area contributed by atoms with Gasteiger partial charge in [-0.1, -0.05) is 0 Å². The minimum atomic E-state index is -3.71. The molecule has 1 fully saturated rings. The fourth-order valence-electron chi connectivity index (χ4n) is 1.94. The standard InChI is InChI=1S/C11H15BrN2O4S/c12-9-5-10(7-13-6-9)19(16,17)14-11(8-15)1-3-18-4-2-11/h5-7,14-15H,1-4,8H2. The number of ether oxygens (including phenoxy) is 1. The van der Waals surface area contributed by atoms with Crippen LogP contribution in [0, 0.1) is 0 Å². The molecule has 1 aliphatic heterocycles. The molecular weight excluding hydrogens is 336 g/mol. The molecule has 0 saturated carbocycles. The second kappa shape index (κ2) is 5.84. The van der Waals surface area contributed by atoms with Crippen molar-refractivity contribution in [2.45, 2.75) is 23.3 Å². The summed E-state index contributed by atoms with van der Waals surface area (Å²) in [5.41, 5.74) is -0.848. The summed E-state index contributed by atoms with van der Waals surface area (Å²) in [4.78, 5) is 3.91. The van der Waals surface area contributed by atoms with Crippen molar-refractivity contribution in [3.8, 4) is 0 Å². The van der Waals surface area contributed by atoms with Gasteiger partial charge >= 0.3 is 0 Å². The molecule has 0 amide bonds. The van der Waals surface area contributed by atoms with E-state index in [1.165, 1.54) is 18.5 Å². The third kappa shape index (κ3) is 3.51. The number of aliphatic hydroxyl groups excluding tert-OH is 1. The van der Waals surface area contributed by atoms with Crippen molar-refractivity contribution in [3.05, 3.63) is 22.9 Å². The SMILES string of the molecule is O=S(=O)(NC1(CO)CCOCC1)c1cncc(Br)c1. The molecular formula is C11H15BrN2O4S. The molecule has 0 aromatic carbocycles. The molecule has 19 heavy (non-hydrogen) atoms. The molecule has 6 nitrogen and oxygen atoms in total. The number of rotatable bonds is 4. The number of aromatic nitrogens is 1. The number of nitrogens with one attached hydrogen (secondary N) is 1. The van der Waals surface area contributed by atoms with Gasteiger partial charge in [-0.3, -0.25) is 4.98 Å². The van der Waals surface area contributed by atoms with E-state index in [9.17, 15) is 13.5 Å². The maximum Gasteiger partial charge on any atom is 0.242 e. The lowest BCUT2D eigenvalue weighted by molar-refractivity contribution is 0.0223. The summed E-state index contributed by atoms with van der Waals surface area (Å²) < 4.78 is 33.0. The van der Waals surface area contributed by atoms with Gasteiger partial charge in [0.1, 0.15) is 4.90 Å². The van der Waals surface area contributed by atoms with E-state index in [-0.39, 0.29) is 11.5 Å². The lowest BCUT2D eigenvalue weighted by Crippen LogP contribution is -2.54. The van der Waals surface area contributed by atoms with Gasteiger partial charge in [-0.15, -0.1) is 0 Å². The Balaban J connectivity index is 2.25. The molecule has 2 rings (SSSR count). The highest BCUT2D eigenvalue weighted by atomic mass is 79.9. The Bertz CT molecular complexity index is 543. The van der Waals surface area contributed by atoms with Gasteiger partial charge in [0.15, 0.2) is 0 Å². The molecule has 1 aromatic heterocycles. The van der Waals surface area contributed by atoms with E-state index >= 15 is 0 Å². The van der Waals surface area contributed by atoms with Crippen LogP contribution in [0.15, 0.2) is 27.8 Å². The van der Waals surface area contributed by atoms with Crippen LogP contribution >= 0.6 is 15.9 Å². The van der Waals surface area contributed by atoms with Crippen LogP contribution in [0.5, 0.6) is 0 Å². The first-order valence-electron chi connectivity index (χ1n) is 5.81. The topological polar surface area (TPSA) is 88.5 Å². The number of sulfonamides is 1. The normalized spacial score (nSPS) is 19.3. The molecule has 2 heterocycles. The van der Waals surface area contributed by atoms with Gasteiger partial charge < -0.3 is 9.84 Å². The Morgan fingerprint density at radius 2 is 2.11 bits per heavy atom. The van der Waals surface area contributed by atoms with Gasteiger partial charge in [0.25, 0.3) is 0 Å². The summed E-state index contributed by atoms with van der Waals surface area (Å²) in [5, 5.41) is 9.50. The van der Waals surface area contributed by atoms with Crippen molar-refractivity contribution in [3.63, 3.8) is 0 Å². The average Bonchev–Trinajstić information content (AvgIpc) is 2.39. The van der Waals surface area contributed by atoms with Gasteiger partial charge in [0, 0.05) is 30.1 Å². The van der Waals surface area contributed by atoms with E-state index in [1.807, 2.05) is 0 Å². The van der Waals surface area contributed by atoms with Gasteiger partial charge in [0.2, 0.25) is 10.0 Å². The number of nitrogens with zero attached hydrogens (tertiary/aromatic N) is 1. The second-order valence-electron chi connectivity index (χ2n) is 4.50. The number of pyridine rings is 1. The van der Waals surface area contributed by atoms with Crippen LogP contribution in [-0.2, 0) is 14.8 Å². The molecule has 0 unspecified atom stereocenters. The Morgan fingerprint density at radius 1 is 1.42 bits per heavy atom. The molecule has 1 aromatic rings.